The van der Waals surface area contributed by atoms with E-state index in [1.807, 2.05) is 142 Å². The van der Waals surface area contributed by atoms with Crippen molar-refractivity contribution >= 4 is 63.5 Å². The highest BCUT2D eigenvalue weighted by Gasteiger charge is 2.53. The number of benzene rings is 4. The van der Waals surface area contributed by atoms with Crippen molar-refractivity contribution < 1.29 is 43.0 Å². The molecule has 0 unspecified atom stereocenters. The first-order valence-corrected chi connectivity index (χ1v) is 32.8. The van der Waals surface area contributed by atoms with E-state index in [1.54, 1.807) is 9.80 Å². The van der Waals surface area contributed by atoms with Crippen LogP contribution in [0.1, 0.15) is 129 Å². The molecule has 2 saturated heterocycles. The Labute approximate surface area is 533 Å². The summed E-state index contributed by atoms with van der Waals surface area (Å²) in [5.74, 6) is 0.604. The number of rotatable bonds is 14. The quantitative estimate of drug-likeness (QED) is 0.0754. The fraction of sp³-hybridized carbons (Fsp3) is 0.432. The summed E-state index contributed by atoms with van der Waals surface area (Å²) in [7, 11) is 0. The number of amides is 6. The van der Waals surface area contributed by atoms with Crippen LogP contribution in [0.3, 0.4) is 0 Å². The van der Waals surface area contributed by atoms with Crippen LogP contribution < -0.4 is 30.7 Å². The molecule has 4 N–H and O–H groups in total. The van der Waals surface area contributed by atoms with Crippen molar-refractivity contribution in [2.24, 2.45) is 11.8 Å². The number of carbonyl (C=O) groups is 6. The first-order chi connectivity index (χ1) is 44.0. The van der Waals surface area contributed by atoms with Gasteiger partial charge in [-0.05, 0) is 101 Å². The maximum atomic E-state index is 14.2. The zero-order valence-corrected chi connectivity index (χ0v) is 52.9. The van der Waals surface area contributed by atoms with Crippen LogP contribution >= 0.6 is 0 Å². The summed E-state index contributed by atoms with van der Waals surface area (Å²) in [6.07, 6.45) is 15.9. The van der Waals surface area contributed by atoms with Crippen LogP contribution in [0.15, 0.2) is 141 Å². The number of unbranched alkanes of at least 4 members (excludes halogenated alkanes) is 2. The van der Waals surface area contributed by atoms with Crippen LogP contribution in [-0.2, 0) is 35.1 Å². The molecule has 8 bridgehead atoms. The molecule has 4 fully saturated rings. The van der Waals surface area contributed by atoms with E-state index in [2.05, 4.69) is 53.5 Å². The third-order valence-corrected chi connectivity index (χ3v) is 18.9. The number of hydrogen-bond donors (Lipinski definition) is 4. The molecule has 0 spiro atoms. The standard InChI is InChI=1S/C37H44N4O5.C37H42N4O4/c1-4-6-15-30-35(43)41-23-27(20-32(41)34(42)40-37(3)22-26(37)5-2)46-33-21-31(25-13-8-7-9-14-25)38-29-17-16-24(19-28(29)33)12-10-11-18-45-36(44)39-30;1-4-6-15-30-36(44)41-23-27(20-32(41)35(43)40-37(3)22-26(37)5-2)45-33-21-31(25-13-8-7-9-14-25)38-29-18-17-24(19-28(29)33)12-10-11-16-34(42)39-30/h5,7-9,13-14,16-17,19,21,26-27,30,32H,2,4,6,10-12,15,18,20,22-23H2,1,3H3,(H,39,44)(H,40,42);5,7-10,12-14,17-19,21,26-27,30,32H,2,4,6,11,15-16,20,22-23H2,1,3H3,(H,39,42)(H,40,43)/b;12-10+/t2*26-,27-,30+,32+,37-/m11/s1. The lowest BCUT2D eigenvalue weighted by molar-refractivity contribution is -0.142. The van der Waals surface area contributed by atoms with Gasteiger partial charge in [-0.1, -0.05) is 137 Å². The molecule has 91 heavy (non-hydrogen) atoms. The number of fused-ring (bicyclic) bond motifs is 6. The second kappa shape index (κ2) is 28.1. The van der Waals surface area contributed by atoms with E-state index < -0.39 is 42.5 Å². The van der Waals surface area contributed by atoms with Gasteiger partial charge >= 0.3 is 6.09 Å². The summed E-state index contributed by atoms with van der Waals surface area (Å²) in [5.41, 5.74) is 6.49. The Morgan fingerprint density at radius 3 is 1.68 bits per heavy atom. The maximum Gasteiger partial charge on any atom is 0.407 e. The Hall–Kier alpha value is -8.86. The van der Waals surface area contributed by atoms with E-state index in [0.717, 1.165) is 107 Å². The molecular weight excluding hydrogens is 1140 g/mol. The van der Waals surface area contributed by atoms with Crippen molar-refractivity contribution in [3.8, 4) is 34.0 Å². The lowest BCUT2D eigenvalue weighted by atomic mass is 10.0. The molecule has 476 valence electrons. The SMILES string of the molecule is C=C[C@@H]1C[C@@]1(C)NC(=O)[C@@H]1C[C@@H]2CN1C(=O)[C@H](CCCC)NC(=O)CC/C=C/c1ccc3nc(-c4ccccc4)cc(c3c1)O2.C=C[C@@H]1C[C@@]1(C)NC(=O)[C@@H]1C[C@@H]2CN1C(=O)[C@H](CCCC)NC(=O)OCCCCc1ccc3nc(-c4ccccc4)cc(c3c1)O2. The third-order valence-electron chi connectivity index (χ3n) is 18.9. The summed E-state index contributed by atoms with van der Waals surface area (Å²) in [4.78, 5) is 95.0. The number of pyridine rings is 2. The van der Waals surface area contributed by atoms with Crippen LogP contribution in [0, 0.1) is 11.8 Å². The highest BCUT2D eigenvalue weighted by atomic mass is 16.5. The average Bonchev–Trinajstić information content (AvgIpc) is 1.75. The van der Waals surface area contributed by atoms with Crippen molar-refractivity contribution in [1.29, 1.82) is 0 Å². The minimum Gasteiger partial charge on any atom is -0.488 e. The Balaban J connectivity index is 0.000000187. The molecule has 4 aliphatic heterocycles. The van der Waals surface area contributed by atoms with E-state index >= 15 is 0 Å². The molecule has 6 heterocycles. The maximum absolute atomic E-state index is 14.2. The van der Waals surface area contributed by atoms with Gasteiger partial charge in [0.25, 0.3) is 0 Å². The zero-order valence-electron chi connectivity index (χ0n) is 52.9. The van der Waals surface area contributed by atoms with E-state index in [1.165, 1.54) is 0 Å². The van der Waals surface area contributed by atoms with Gasteiger partial charge in [0.2, 0.25) is 29.5 Å². The number of nitrogens with zero attached hydrogens (tertiary/aromatic N) is 4. The molecule has 6 aliphatic rings. The van der Waals surface area contributed by atoms with Gasteiger partial charge in [0.1, 0.15) is 47.9 Å². The molecule has 12 rings (SSSR count). The molecule has 2 saturated carbocycles. The first-order valence-electron chi connectivity index (χ1n) is 32.8. The summed E-state index contributed by atoms with van der Waals surface area (Å²) in [6, 6.07) is 33.1. The molecule has 17 heteroatoms. The second-order valence-corrected chi connectivity index (χ2v) is 25.9. The van der Waals surface area contributed by atoms with Crippen LogP contribution in [0.4, 0.5) is 4.79 Å². The first kappa shape index (κ1) is 63.7. The third kappa shape index (κ3) is 15.0. The summed E-state index contributed by atoms with van der Waals surface area (Å²) < 4.78 is 19.0. The number of alkyl carbamates (subject to hydrolysis) is 1. The monoisotopic (exact) mass is 1230 g/mol. The van der Waals surface area contributed by atoms with E-state index in [9.17, 15) is 28.8 Å². The normalized spacial score (nSPS) is 26.8. The van der Waals surface area contributed by atoms with Crippen LogP contribution in [0.5, 0.6) is 11.5 Å². The van der Waals surface area contributed by atoms with Gasteiger partial charge < -0.3 is 45.3 Å². The molecule has 0 radical (unpaired) electrons. The minimum atomic E-state index is -0.804. The van der Waals surface area contributed by atoms with Gasteiger partial charge in [0.15, 0.2) is 0 Å². The predicted octanol–water partition coefficient (Wildman–Crippen LogP) is 11.8. The number of carbonyl (C=O) groups excluding carboxylic acids is 6. The highest BCUT2D eigenvalue weighted by Crippen LogP contribution is 2.46. The van der Waals surface area contributed by atoms with Crippen LogP contribution in [0.25, 0.3) is 50.4 Å². The number of nitrogens with one attached hydrogen (secondary N) is 4. The average molecular weight is 1230 g/mol. The molecule has 2 aromatic heterocycles. The minimum absolute atomic E-state index is 0.174. The largest absolute Gasteiger partial charge is 0.488 e. The molecule has 17 nitrogen and oxygen atoms in total. The van der Waals surface area contributed by atoms with E-state index in [4.69, 9.17) is 24.2 Å². The Bertz CT molecular complexity index is 3730. The Morgan fingerprint density at radius 1 is 0.648 bits per heavy atom. The number of aromatic nitrogens is 2. The molecule has 6 aromatic rings. The lowest BCUT2D eigenvalue weighted by Crippen LogP contribution is -2.55. The van der Waals surface area contributed by atoms with E-state index in [0.29, 0.717) is 50.0 Å². The van der Waals surface area contributed by atoms with Crippen molar-refractivity contribution in [2.75, 3.05) is 19.7 Å². The fourth-order valence-corrected chi connectivity index (χ4v) is 13.2. The number of hydrogen-bond acceptors (Lipinski definition) is 11. The van der Waals surface area contributed by atoms with Crippen molar-refractivity contribution in [3.05, 3.63) is 152 Å². The van der Waals surface area contributed by atoms with Gasteiger partial charge in [-0.3, -0.25) is 24.0 Å². The molecular formula is C74H86N8O9. The number of cyclic esters (lactones) is 1. The lowest BCUT2D eigenvalue weighted by Gasteiger charge is -2.29. The fourth-order valence-electron chi connectivity index (χ4n) is 13.2. The molecule has 6 amide bonds. The van der Waals surface area contributed by atoms with Gasteiger partial charge in [-0.2, -0.15) is 0 Å². The summed E-state index contributed by atoms with van der Waals surface area (Å²) in [5, 5.41) is 13.9. The molecule has 4 aromatic carbocycles. The predicted molar refractivity (Wildman–Crippen MR) is 354 cm³/mol. The second-order valence-electron chi connectivity index (χ2n) is 25.9. The zero-order chi connectivity index (χ0) is 63.8. The van der Waals surface area contributed by atoms with Crippen molar-refractivity contribution in [3.63, 3.8) is 0 Å². The Morgan fingerprint density at radius 2 is 1.16 bits per heavy atom. The summed E-state index contributed by atoms with van der Waals surface area (Å²) >= 11 is 0. The van der Waals surface area contributed by atoms with Crippen molar-refractivity contribution in [2.45, 2.75) is 171 Å². The van der Waals surface area contributed by atoms with Gasteiger partial charge in [0.05, 0.1) is 42.1 Å². The molecule has 2 aliphatic carbocycles. The number of allylic oxidation sites excluding steroid dienone is 1. The topological polar surface area (TPSA) is 210 Å². The highest BCUT2D eigenvalue weighted by molar-refractivity contribution is 5.95. The van der Waals surface area contributed by atoms with Crippen LogP contribution in [0.2, 0.25) is 0 Å². The van der Waals surface area contributed by atoms with Gasteiger partial charge in [-0.15, -0.1) is 13.2 Å². The summed E-state index contributed by atoms with van der Waals surface area (Å²) in [6.45, 7) is 16.6. The smallest absolute Gasteiger partial charge is 0.407 e. The molecule has 10 atom stereocenters. The Kier molecular flexibility index (Phi) is 19.7. The number of aryl methyl sites for hydroxylation is 1. The van der Waals surface area contributed by atoms with Crippen LogP contribution in [-0.4, -0.2) is 123 Å². The van der Waals surface area contributed by atoms with Gasteiger partial charge in [0, 0.05) is 76.2 Å². The number of ether oxygens (including phenoxy) is 3. The van der Waals surface area contributed by atoms with E-state index in [-0.39, 0.29) is 78.6 Å². The van der Waals surface area contributed by atoms with Gasteiger partial charge in [-0.25, -0.2) is 14.8 Å². The van der Waals surface area contributed by atoms with Crippen molar-refractivity contribution in [1.82, 2.24) is 41.0 Å².